The predicted molar refractivity (Wildman–Crippen MR) is 84.7 cm³/mol. The summed E-state index contributed by atoms with van der Waals surface area (Å²) < 4.78 is 2.10. The van der Waals surface area contributed by atoms with Gasteiger partial charge < -0.3 is 5.32 Å². The number of hydrogen-bond donors (Lipinski definition) is 1. The van der Waals surface area contributed by atoms with Crippen LogP contribution in [0.3, 0.4) is 0 Å². The summed E-state index contributed by atoms with van der Waals surface area (Å²) in [7, 11) is 0. The van der Waals surface area contributed by atoms with Crippen molar-refractivity contribution in [3.63, 3.8) is 0 Å². The van der Waals surface area contributed by atoms with Crippen molar-refractivity contribution in [3.05, 3.63) is 78.1 Å². The molecule has 1 aliphatic carbocycles. The summed E-state index contributed by atoms with van der Waals surface area (Å²) in [5.41, 5.74) is 3.98. The van der Waals surface area contributed by atoms with Crippen molar-refractivity contribution in [2.45, 2.75) is 18.9 Å². The van der Waals surface area contributed by atoms with Gasteiger partial charge in [-0.15, -0.1) is 0 Å². The average molecular weight is 275 g/mol. The summed E-state index contributed by atoms with van der Waals surface area (Å²) in [5, 5.41) is 3.60. The second-order valence-corrected chi connectivity index (χ2v) is 5.39. The number of anilines is 1. The molecule has 0 saturated carbocycles. The van der Waals surface area contributed by atoms with Gasteiger partial charge in [0, 0.05) is 18.1 Å². The van der Waals surface area contributed by atoms with Crippen LogP contribution in [0.1, 0.15) is 23.6 Å². The SMILES string of the molecule is c1ccc(-n2ccnc2NC2CCc3ccccc32)cc1. The van der Waals surface area contributed by atoms with Crippen LogP contribution < -0.4 is 5.32 Å². The summed E-state index contributed by atoms with van der Waals surface area (Å²) in [6, 6.07) is 19.3. The van der Waals surface area contributed by atoms with Gasteiger partial charge in [0.05, 0.1) is 6.04 Å². The van der Waals surface area contributed by atoms with Gasteiger partial charge in [0.1, 0.15) is 0 Å². The van der Waals surface area contributed by atoms with Gasteiger partial charge >= 0.3 is 0 Å². The Bertz CT molecular complexity index is 746. The van der Waals surface area contributed by atoms with E-state index in [0.717, 1.165) is 24.5 Å². The molecule has 0 fully saturated rings. The van der Waals surface area contributed by atoms with Crippen LogP contribution in [0.2, 0.25) is 0 Å². The summed E-state index contributed by atoms with van der Waals surface area (Å²) in [6.45, 7) is 0. The van der Waals surface area contributed by atoms with Crippen molar-refractivity contribution < 1.29 is 0 Å². The summed E-state index contributed by atoms with van der Waals surface area (Å²) in [6.07, 6.45) is 6.11. The van der Waals surface area contributed by atoms with E-state index in [9.17, 15) is 0 Å². The highest BCUT2D eigenvalue weighted by Crippen LogP contribution is 2.33. The standard InChI is InChI=1S/C18H17N3/c1-2-7-15(8-3-1)21-13-12-19-18(21)20-17-11-10-14-6-4-5-9-16(14)17/h1-9,12-13,17H,10-11H2,(H,19,20). The number of benzene rings is 2. The first-order chi connectivity index (χ1) is 10.4. The number of aromatic nitrogens is 2. The molecule has 3 nitrogen and oxygen atoms in total. The first-order valence-corrected chi connectivity index (χ1v) is 7.35. The molecule has 1 aromatic heterocycles. The van der Waals surface area contributed by atoms with E-state index in [0.29, 0.717) is 6.04 Å². The topological polar surface area (TPSA) is 29.9 Å². The van der Waals surface area contributed by atoms with E-state index in [2.05, 4.69) is 51.3 Å². The zero-order chi connectivity index (χ0) is 14.1. The molecule has 4 rings (SSSR count). The Kier molecular flexibility index (Phi) is 2.96. The molecule has 0 spiro atoms. The number of aryl methyl sites for hydroxylation is 1. The Morgan fingerprint density at radius 3 is 2.71 bits per heavy atom. The number of nitrogens with one attached hydrogen (secondary N) is 1. The lowest BCUT2D eigenvalue weighted by molar-refractivity contribution is 0.747. The van der Waals surface area contributed by atoms with Crippen LogP contribution in [0.15, 0.2) is 67.0 Å². The molecule has 2 aromatic carbocycles. The Labute approximate surface area is 124 Å². The summed E-state index contributed by atoms with van der Waals surface area (Å²) in [5.74, 6) is 0.905. The Hall–Kier alpha value is -2.55. The third kappa shape index (κ3) is 2.21. The van der Waals surface area contributed by atoms with Crippen molar-refractivity contribution in [2.24, 2.45) is 0 Å². The minimum absolute atomic E-state index is 0.353. The first kappa shape index (κ1) is 12.2. The van der Waals surface area contributed by atoms with Gasteiger partial charge in [-0.3, -0.25) is 4.57 Å². The first-order valence-electron chi connectivity index (χ1n) is 7.35. The van der Waals surface area contributed by atoms with Crippen molar-refractivity contribution in [1.82, 2.24) is 9.55 Å². The van der Waals surface area contributed by atoms with Crippen LogP contribution in [0.25, 0.3) is 5.69 Å². The van der Waals surface area contributed by atoms with E-state index in [4.69, 9.17) is 0 Å². The maximum atomic E-state index is 4.48. The van der Waals surface area contributed by atoms with Gasteiger partial charge in [-0.1, -0.05) is 42.5 Å². The van der Waals surface area contributed by atoms with Crippen LogP contribution in [0.4, 0.5) is 5.95 Å². The molecule has 104 valence electrons. The molecule has 0 bridgehead atoms. The van der Waals surface area contributed by atoms with Crippen LogP contribution in [-0.4, -0.2) is 9.55 Å². The second-order valence-electron chi connectivity index (χ2n) is 5.39. The molecule has 1 aliphatic rings. The minimum Gasteiger partial charge on any atom is -0.349 e. The van der Waals surface area contributed by atoms with Crippen molar-refractivity contribution in [1.29, 1.82) is 0 Å². The van der Waals surface area contributed by atoms with E-state index in [1.165, 1.54) is 11.1 Å². The third-order valence-electron chi connectivity index (χ3n) is 4.11. The fraction of sp³-hybridized carbons (Fsp3) is 0.167. The van der Waals surface area contributed by atoms with Gasteiger partial charge in [-0.25, -0.2) is 4.98 Å². The third-order valence-corrected chi connectivity index (χ3v) is 4.11. The Balaban J connectivity index is 1.64. The lowest BCUT2D eigenvalue weighted by atomic mass is 10.1. The zero-order valence-corrected chi connectivity index (χ0v) is 11.7. The molecule has 1 atom stereocenters. The lowest BCUT2D eigenvalue weighted by Gasteiger charge is -2.16. The maximum Gasteiger partial charge on any atom is 0.207 e. The average Bonchev–Trinajstić information content (AvgIpc) is 3.16. The zero-order valence-electron chi connectivity index (χ0n) is 11.7. The van der Waals surface area contributed by atoms with Crippen molar-refractivity contribution >= 4 is 5.95 Å². The monoisotopic (exact) mass is 275 g/mol. The molecule has 0 radical (unpaired) electrons. The Morgan fingerprint density at radius 1 is 1.00 bits per heavy atom. The van der Waals surface area contributed by atoms with Gasteiger partial charge in [0.25, 0.3) is 0 Å². The fourth-order valence-corrected chi connectivity index (χ4v) is 3.07. The molecular formula is C18H17N3. The normalized spacial score (nSPS) is 16.7. The molecule has 1 unspecified atom stereocenters. The van der Waals surface area contributed by atoms with Crippen LogP contribution in [-0.2, 0) is 6.42 Å². The number of nitrogens with zero attached hydrogens (tertiary/aromatic N) is 2. The van der Waals surface area contributed by atoms with E-state index >= 15 is 0 Å². The van der Waals surface area contributed by atoms with Gasteiger partial charge in [-0.2, -0.15) is 0 Å². The van der Waals surface area contributed by atoms with Crippen LogP contribution in [0.5, 0.6) is 0 Å². The molecular weight excluding hydrogens is 258 g/mol. The highest BCUT2D eigenvalue weighted by Gasteiger charge is 2.22. The smallest absolute Gasteiger partial charge is 0.207 e. The van der Waals surface area contributed by atoms with E-state index in [-0.39, 0.29) is 0 Å². The molecule has 0 amide bonds. The summed E-state index contributed by atoms with van der Waals surface area (Å²) >= 11 is 0. The quantitative estimate of drug-likeness (QED) is 0.783. The number of fused-ring (bicyclic) bond motifs is 1. The highest BCUT2D eigenvalue weighted by molar-refractivity contribution is 5.45. The van der Waals surface area contributed by atoms with E-state index in [1.54, 1.807) is 0 Å². The fourth-order valence-electron chi connectivity index (χ4n) is 3.07. The number of para-hydroxylation sites is 1. The largest absolute Gasteiger partial charge is 0.349 e. The van der Waals surface area contributed by atoms with Crippen LogP contribution in [0, 0.1) is 0 Å². The molecule has 1 N–H and O–H groups in total. The molecule has 21 heavy (non-hydrogen) atoms. The lowest BCUT2D eigenvalue weighted by Crippen LogP contribution is -2.11. The van der Waals surface area contributed by atoms with E-state index in [1.807, 2.05) is 30.6 Å². The molecule has 0 saturated heterocycles. The van der Waals surface area contributed by atoms with Gasteiger partial charge in [0.15, 0.2) is 0 Å². The number of imidazole rings is 1. The van der Waals surface area contributed by atoms with Crippen molar-refractivity contribution in [2.75, 3.05) is 5.32 Å². The minimum atomic E-state index is 0.353. The number of rotatable bonds is 3. The molecule has 3 aromatic rings. The predicted octanol–water partition coefficient (Wildman–Crippen LogP) is 3.97. The molecule has 1 heterocycles. The second kappa shape index (κ2) is 5.09. The molecule has 3 heteroatoms. The number of hydrogen-bond acceptors (Lipinski definition) is 2. The maximum absolute atomic E-state index is 4.48. The van der Waals surface area contributed by atoms with E-state index < -0.39 is 0 Å². The molecule has 0 aliphatic heterocycles. The van der Waals surface area contributed by atoms with Crippen molar-refractivity contribution in [3.8, 4) is 5.69 Å². The highest BCUT2D eigenvalue weighted by atomic mass is 15.2. The van der Waals surface area contributed by atoms with Crippen LogP contribution >= 0.6 is 0 Å². The summed E-state index contributed by atoms with van der Waals surface area (Å²) in [4.78, 5) is 4.48. The van der Waals surface area contributed by atoms with Gasteiger partial charge in [0.2, 0.25) is 5.95 Å². The van der Waals surface area contributed by atoms with Gasteiger partial charge in [-0.05, 0) is 36.1 Å². The Morgan fingerprint density at radius 2 is 1.81 bits per heavy atom.